The van der Waals surface area contributed by atoms with Crippen molar-refractivity contribution in [3.8, 4) is 5.88 Å². The Morgan fingerprint density at radius 1 is 1.26 bits per heavy atom. The number of amides is 1. The van der Waals surface area contributed by atoms with Crippen LogP contribution in [-0.4, -0.2) is 36.4 Å². The zero-order valence-electron chi connectivity index (χ0n) is 12.4. The number of methoxy groups -OCH3 is 1. The SMILES string of the molecule is COCCOc1ccc(CNC(=O)c2ccc(F)cc2Cl)nn1. The summed E-state index contributed by atoms with van der Waals surface area (Å²) in [5, 5.41) is 10.5. The first kappa shape index (κ1) is 17.1. The minimum atomic E-state index is -0.499. The van der Waals surface area contributed by atoms with Crippen molar-refractivity contribution in [1.29, 1.82) is 0 Å². The van der Waals surface area contributed by atoms with Crippen LogP contribution in [0.3, 0.4) is 0 Å². The average molecular weight is 340 g/mol. The Morgan fingerprint density at radius 3 is 2.74 bits per heavy atom. The molecule has 122 valence electrons. The van der Waals surface area contributed by atoms with Gasteiger partial charge in [0, 0.05) is 13.2 Å². The molecule has 0 atom stereocenters. The van der Waals surface area contributed by atoms with E-state index in [2.05, 4.69) is 15.5 Å². The normalized spacial score (nSPS) is 10.4. The lowest BCUT2D eigenvalue weighted by atomic mass is 10.2. The fraction of sp³-hybridized carbons (Fsp3) is 0.267. The molecule has 0 radical (unpaired) electrons. The average Bonchev–Trinajstić information content (AvgIpc) is 2.54. The molecule has 0 aliphatic carbocycles. The van der Waals surface area contributed by atoms with Crippen molar-refractivity contribution in [2.75, 3.05) is 20.3 Å². The third kappa shape index (κ3) is 5.15. The zero-order chi connectivity index (χ0) is 16.7. The van der Waals surface area contributed by atoms with Gasteiger partial charge in [0.2, 0.25) is 5.88 Å². The molecule has 2 rings (SSSR count). The molecule has 0 saturated heterocycles. The highest BCUT2D eigenvalue weighted by Gasteiger charge is 2.11. The first-order valence-electron chi connectivity index (χ1n) is 6.77. The Kier molecular flexibility index (Phi) is 6.25. The van der Waals surface area contributed by atoms with Crippen LogP contribution in [0, 0.1) is 5.82 Å². The predicted molar refractivity (Wildman–Crippen MR) is 82.0 cm³/mol. The van der Waals surface area contributed by atoms with Gasteiger partial charge in [-0.05, 0) is 24.3 Å². The number of benzene rings is 1. The quantitative estimate of drug-likeness (QED) is 0.783. The second-order valence-electron chi connectivity index (χ2n) is 4.51. The largest absolute Gasteiger partial charge is 0.474 e. The zero-order valence-corrected chi connectivity index (χ0v) is 13.1. The molecule has 1 amide bonds. The van der Waals surface area contributed by atoms with Gasteiger partial charge >= 0.3 is 0 Å². The lowest BCUT2D eigenvalue weighted by molar-refractivity contribution is 0.0950. The lowest BCUT2D eigenvalue weighted by Gasteiger charge is -2.07. The van der Waals surface area contributed by atoms with Crippen LogP contribution in [0.25, 0.3) is 0 Å². The summed E-state index contributed by atoms with van der Waals surface area (Å²) < 4.78 is 23.1. The molecule has 0 aliphatic rings. The van der Waals surface area contributed by atoms with E-state index in [0.717, 1.165) is 6.07 Å². The summed E-state index contributed by atoms with van der Waals surface area (Å²) in [4.78, 5) is 12.0. The van der Waals surface area contributed by atoms with Crippen LogP contribution in [0.2, 0.25) is 5.02 Å². The van der Waals surface area contributed by atoms with Crippen LogP contribution in [0.4, 0.5) is 4.39 Å². The molecular weight excluding hydrogens is 325 g/mol. The Labute approximate surface area is 137 Å². The Hall–Kier alpha value is -2.25. The number of nitrogens with one attached hydrogen (secondary N) is 1. The summed E-state index contributed by atoms with van der Waals surface area (Å²) >= 11 is 5.83. The van der Waals surface area contributed by atoms with Gasteiger partial charge in [0.1, 0.15) is 12.4 Å². The smallest absolute Gasteiger partial charge is 0.253 e. The first-order valence-corrected chi connectivity index (χ1v) is 7.15. The molecule has 0 bridgehead atoms. The summed E-state index contributed by atoms with van der Waals surface area (Å²) in [7, 11) is 1.58. The molecule has 8 heteroatoms. The number of hydrogen-bond acceptors (Lipinski definition) is 5. The minimum absolute atomic E-state index is 0.0514. The minimum Gasteiger partial charge on any atom is -0.474 e. The first-order chi connectivity index (χ1) is 11.1. The molecule has 2 aromatic rings. The number of rotatable bonds is 7. The molecular formula is C15H15ClFN3O3. The van der Waals surface area contributed by atoms with E-state index in [1.54, 1.807) is 19.2 Å². The van der Waals surface area contributed by atoms with E-state index in [4.69, 9.17) is 21.1 Å². The van der Waals surface area contributed by atoms with Gasteiger partial charge in [-0.25, -0.2) is 4.39 Å². The van der Waals surface area contributed by atoms with Gasteiger partial charge in [0.15, 0.2) is 0 Å². The fourth-order valence-corrected chi connectivity index (χ4v) is 1.94. The molecule has 1 aromatic carbocycles. The van der Waals surface area contributed by atoms with E-state index in [0.29, 0.717) is 24.8 Å². The summed E-state index contributed by atoms with van der Waals surface area (Å²) in [5.41, 5.74) is 0.747. The molecule has 6 nitrogen and oxygen atoms in total. The van der Waals surface area contributed by atoms with Crippen molar-refractivity contribution in [3.63, 3.8) is 0 Å². The van der Waals surface area contributed by atoms with E-state index >= 15 is 0 Å². The third-order valence-electron chi connectivity index (χ3n) is 2.84. The number of nitrogens with zero attached hydrogens (tertiary/aromatic N) is 2. The fourth-order valence-electron chi connectivity index (χ4n) is 1.69. The molecule has 0 fully saturated rings. The lowest BCUT2D eigenvalue weighted by Crippen LogP contribution is -2.23. The van der Waals surface area contributed by atoms with Crippen molar-refractivity contribution >= 4 is 17.5 Å². The van der Waals surface area contributed by atoms with Crippen molar-refractivity contribution in [2.24, 2.45) is 0 Å². The Bertz CT molecular complexity index is 668. The van der Waals surface area contributed by atoms with E-state index in [1.165, 1.54) is 12.1 Å². The number of carbonyl (C=O) groups is 1. The third-order valence-corrected chi connectivity index (χ3v) is 3.15. The van der Waals surface area contributed by atoms with Gasteiger partial charge in [-0.2, -0.15) is 5.10 Å². The van der Waals surface area contributed by atoms with E-state index in [1.807, 2.05) is 0 Å². The van der Waals surface area contributed by atoms with Crippen molar-refractivity contribution in [1.82, 2.24) is 15.5 Å². The molecule has 23 heavy (non-hydrogen) atoms. The van der Waals surface area contributed by atoms with Crippen LogP contribution in [-0.2, 0) is 11.3 Å². The highest BCUT2D eigenvalue weighted by Crippen LogP contribution is 2.17. The maximum Gasteiger partial charge on any atom is 0.253 e. The maximum absolute atomic E-state index is 13.0. The summed E-state index contributed by atoms with van der Waals surface area (Å²) in [6.07, 6.45) is 0. The second-order valence-corrected chi connectivity index (χ2v) is 4.92. The van der Waals surface area contributed by atoms with Crippen molar-refractivity contribution in [2.45, 2.75) is 6.54 Å². The van der Waals surface area contributed by atoms with Crippen LogP contribution in [0.5, 0.6) is 5.88 Å². The van der Waals surface area contributed by atoms with Crippen LogP contribution < -0.4 is 10.1 Å². The molecule has 1 aromatic heterocycles. The van der Waals surface area contributed by atoms with Crippen molar-refractivity contribution < 1.29 is 18.7 Å². The molecule has 0 saturated carbocycles. The number of hydrogen-bond donors (Lipinski definition) is 1. The number of halogens is 2. The number of ether oxygens (including phenoxy) is 2. The summed E-state index contributed by atoms with van der Waals surface area (Å²) in [6.45, 7) is 1.00. The predicted octanol–water partition coefficient (Wildman–Crippen LogP) is 2.22. The van der Waals surface area contributed by atoms with Crippen LogP contribution >= 0.6 is 11.6 Å². The standard InChI is InChI=1S/C15H15ClFN3O3/c1-22-6-7-23-14-5-3-11(19-20-14)9-18-15(21)12-4-2-10(17)8-13(12)16/h2-5,8H,6-7,9H2,1H3,(H,18,21). The molecule has 0 spiro atoms. The van der Waals surface area contributed by atoms with Crippen LogP contribution in [0.15, 0.2) is 30.3 Å². The van der Waals surface area contributed by atoms with Crippen LogP contribution in [0.1, 0.15) is 16.1 Å². The molecule has 1 heterocycles. The number of carbonyl (C=O) groups excluding carboxylic acids is 1. The van der Waals surface area contributed by atoms with Gasteiger partial charge in [-0.15, -0.1) is 5.10 Å². The maximum atomic E-state index is 13.0. The number of aromatic nitrogens is 2. The van der Waals surface area contributed by atoms with E-state index < -0.39 is 11.7 Å². The highest BCUT2D eigenvalue weighted by atomic mass is 35.5. The van der Waals surface area contributed by atoms with Gasteiger partial charge < -0.3 is 14.8 Å². The summed E-state index contributed by atoms with van der Waals surface area (Å²) in [5.74, 6) is -0.544. The van der Waals surface area contributed by atoms with Gasteiger partial charge in [-0.3, -0.25) is 4.79 Å². The molecule has 1 N–H and O–H groups in total. The topological polar surface area (TPSA) is 73.3 Å². The summed E-state index contributed by atoms with van der Waals surface area (Å²) in [6, 6.07) is 6.91. The van der Waals surface area contributed by atoms with Gasteiger partial charge in [0.25, 0.3) is 5.91 Å². The Morgan fingerprint density at radius 2 is 2.09 bits per heavy atom. The second kappa shape index (κ2) is 8.40. The van der Waals surface area contributed by atoms with Gasteiger partial charge in [-0.1, -0.05) is 11.6 Å². The van der Waals surface area contributed by atoms with E-state index in [9.17, 15) is 9.18 Å². The monoisotopic (exact) mass is 339 g/mol. The Balaban J connectivity index is 1.89. The van der Waals surface area contributed by atoms with Gasteiger partial charge in [0.05, 0.1) is 29.4 Å². The van der Waals surface area contributed by atoms with E-state index in [-0.39, 0.29) is 17.1 Å². The molecule has 0 aliphatic heterocycles. The molecule has 0 unspecified atom stereocenters. The van der Waals surface area contributed by atoms with Crippen molar-refractivity contribution in [3.05, 3.63) is 52.4 Å². The highest BCUT2D eigenvalue weighted by molar-refractivity contribution is 6.33.